The van der Waals surface area contributed by atoms with Crippen molar-refractivity contribution in [3.8, 4) is 11.5 Å². The van der Waals surface area contributed by atoms with Crippen LogP contribution in [0.5, 0.6) is 0 Å². The average molecular weight is 242 g/mol. The van der Waals surface area contributed by atoms with E-state index in [0.717, 1.165) is 28.9 Å². The number of rotatable bonds is 3. The van der Waals surface area contributed by atoms with E-state index in [2.05, 4.69) is 21.0 Å². The second-order valence-corrected chi connectivity index (χ2v) is 4.73. The van der Waals surface area contributed by atoms with Crippen LogP contribution in [0.25, 0.3) is 11.5 Å². The minimum atomic E-state index is 0.0971. The topological polar surface area (TPSA) is 64.7 Å². The van der Waals surface area contributed by atoms with E-state index < -0.39 is 0 Å². The molecule has 0 saturated carbocycles. The van der Waals surface area contributed by atoms with Crippen molar-refractivity contribution in [2.24, 2.45) is 5.73 Å². The Kier molecular flexibility index (Phi) is 3.67. The van der Waals surface area contributed by atoms with Gasteiger partial charge in [-0.1, -0.05) is 6.07 Å². The maximum atomic E-state index is 5.79. The molecule has 1 atom stereocenters. The molecular weight excluding hydrogens is 224 g/mol. The summed E-state index contributed by atoms with van der Waals surface area (Å²) in [5, 5.41) is 0. The number of hydrogen-bond acceptors (Lipinski definition) is 4. The van der Waals surface area contributed by atoms with E-state index in [-0.39, 0.29) is 6.04 Å². The molecule has 2 aromatic heterocycles. The molecule has 2 rings (SSSR count). The molecule has 94 valence electrons. The third-order valence-corrected chi connectivity index (χ3v) is 2.67. The Labute approximate surface area is 107 Å². The molecule has 0 fully saturated rings. The van der Waals surface area contributed by atoms with E-state index in [1.807, 2.05) is 33.0 Å². The minimum absolute atomic E-state index is 0.0971. The van der Waals surface area contributed by atoms with Crippen molar-refractivity contribution in [3.05, 3.63) is 41.3 Å². The van der Waals surface area contributed by atoms with Crippen LogP contribution in [0.1, 0.15) is 23.7 Å². The molecule has 2 aromatic rings. The van der Waals surface area contributed by atoms with E-state index >= 15 is 0 Å². The quantitative estimate of drug-likeness (QED) is 0.894. The predicted octanol–water partition coefficient (Wildman–Crippen LogP) is 2.05. The lowest BCUT2D eigenvalue weighted by Gasteiger charge is -2.07. The highest BCUT2D eigenvalue weighted by molar-refractivity contribution is 5.54. The number of nitrogens with two attached hydrogens (primary N) is 1. The summed E-state index contributed by atoms with van der Waals surface area (Å²) in [6.45, 7) is 6.02. The Morgan fingerprint density at radius 2 is 2.06 bits per heavy atom. The standard InChI is InChI=1S/C14H18N4/c1-9-6-10(2)13(17-8-9)14-16-5-4-12(18-14)7-11(3)15/h4-6,8,11H,7,15H2,1-3H3. The molecule has 0 aliphatic rings. The van der Waals surface area contributed by atoms with E-state index in [0.29, 0.717) is 5.82 Å². The van der Waals surface area contributed by atoms with Crippen LogP contribution in [0.2, 0.25) is 0 Å². The smallest absolute Gasteiger partial charge is 0.178 e. The first-order valence-corrected chi connectivity index (χ1v) is 6.07. The first-order chi connectivity index (χ1) is 8.56. The van der Waals surface area contributed by atoms with Gasteiger partial charge in [-0.2, -0.15) is 0 Å². The first kappa shape index (κ1) is 12.6. The van der Waals surface area contributed by atoms with Gasteiger partial charge in [-0.05, 0) is 38.0 Å². The number of nitrogens with zero attached hydrogens (tertiary/aromatic N) is 3. The van der Waals surface area contributed by atoms with Gasteiger partial charge in [0, 0.05) is 30.6 Å². The molecule has 0 radical (unpaired) electrons. The van der Waals surface area contributed by atoms with Crippen LogP contribution in [0, 0.1) is 13.8 Å². The fourth-order valence-corrected chi connectivity index (χ4v) is 1.90. The molecule has 2 heterocycles. The molecule has 0 aromatic carbocycles. The Balaban J connectivity index is 2.38. The largest absolute Gasteiger partial charge is 0.328 e. The summed E-state index contributed by atoms with van der Waals surface area (Å²) in [5.74, 6) is 0.672. The van der Waals surface area contributed by atoms with Gasteiger partial charge in [-0.25, -0.2) is 9.97 Å². The fraction of sp³-hybridized carbons (Fsp3) is 0.357. The Bertz CT molecular complexity index is 549. The molecule has 0 spiro atoms. The predicted molar refractivity (Wildman–Crippen MR) is 72.1 cm³/mol. The summed E-state index contributed by atoms with van der Waals surface area (Å²) in [4.78, 5) is 13.2. The monoisotopic (exact) mass is 242 g/mol. The van der Waals surface area contributed by atoms with Gasteiger partial charge in [-0.15, -0.1) is 0 Å². The molecule has 0 aliphatic heterocycles. The molecule has 1 unspecified atom stereocenters. The molecule has 0 amide bonds. The van der Waals surface area contributed by atoms with Crippen LogP contribution in [-0.4, -0.2) is 21.0 Å². The van der Waals surface area contributed by atoms with Gasteiger partial charge < -0.3 is 5.73 Å². The van der Waals surface area contributed by atoms with Crippen LogP contribution < -0.4 is 5.73 Å². The van der Waals surface area contributed by atoms with Gasteiger partial charge in [-0.3, -0.25) is 4.98 Å². The van der Waals surface area contributed by atoms with Gasteiger partial charge in [0.2, 0.25) is 0 Å². The fourth-order valence-electron chi connectivity index (χ4n) is 1.90. The SMILES string of the molecule is Cc1cnc(-c2nccc(CC(C)N)n2)c(C)c1. The Morgan fingerprint density at radius 1 is 1.28 bits per heavy atom. The molecule has 2 N–H and O–H groups in total. The Morgan fingerprint density at radius 3 is 2.72 bits per heavy atom. The second-order valence-electron chi connectivity index (χ2n) is 4.73. The first-order valence-electron chi connectivity index (χ1n) is 6.07. The summed E-state index contributed by atoms with van der Waals surface area (Å²) >= 11 is 0. The zero-order valence-electron chi connectivity index (χ0n) is 11.0. The van der Waals surface area contributed by atoms with Crippen molar-refractivity contribution in [1.29, 1.82) is 0 Å². The average Bonchev–Trinajstić information content (AvgIpc) is 2.28. The highest BCUT2D eigenvalue weighted by Gasteiger charge is 2.08. The lowest BCUT2D eigenvalue weighted by Crippen LogP contribution is -2.18. The number of aryl methyl sites for hydroxylation is 2. The molecular formula is C14H18N4. The number of pyridine rings is 1. The Hall–Kier alpha value is -1.81. The maximum Gasteiger partial charge on any atom is 0.178 e. The van der Waals surface area contributed by atoms with Crippen molar-refractivity contribution < 1.29 is 0 Å². The van der Waals surface area contributed by atoms with Gasteiger partial charge in [0.1, 0.15) is 5.69 Å². The highest BCUT2D eigenvalue weighted by Crippen LogP contribution is 2.17. The van der Waals surface area contributed by atoms with Crippen molar-refractivity contribution in [1.82, 2.24) is 15.0 Å². The zero-order valence-corrected chi connectivity index (χ0v) is 11.0. The molecule has 0 bridgehead atoms. The number of hydrogen-bond donors (Lipinski definition) is 1. The molecule has 4 heteroatoms. The van der Waals surface area contributed by atoms with Crippen LogP contribution >= 0.6 is 0 Å². The third-order valence-electron chi connectivity index (χ3n) is 2.67. The normalized spacial score (nSPS) is 12.4. The van der Waals surface area contributed by atoms with Gasteiger partial charge >= 0.3 is 0 Å². The summed E-state index contributed by atoms with van der Waals surface area (Å²) in [5.41, 5.74) is 9.81. The van der Waals surface area contributed by atoms with Gasteiger partial charge in [0.15, 0.2) is 5.82 Å². The second kappa shape index (κ2) is 5.23. The van der Waals surface area contributed by atoms with Crippen molar-refractivity contribution in [2.45, 2.75) is 33.2 Å². The van der Waals surface area contributed by atoms with Crippen molar-refractivity contribution in [2.75, 3.05) is 0 Å². The van der Waals surface area contributed by atoms with Crippen LogP contribution in [0.4, 0.5) is 0 Å². The minimum Gasteiger partial charge on any atom is -0.328 e. The third kappa shape index (κ3) is 2.90. The molecule has 0 saturated heterocycles. The molecule has 0 aliphatic carbocycles. The summed E-state index contributed by atoms with van der Waals surface area (Å²) < 4.78 is 0. The van der Waals surface area contributed by atoms with Gasteiger partial charge in [0.05, 0.1) is 0 Å². The maximum absolute atomic E-state index is 5.79. The van der Waals surface area contributed by atoms with Crippen molar-refractivity contribution >= 4 is 0 Å². The lowest BCUT2D eigenvalue weighted by atomic mass is 10.1. The van der Waals surface area contributed by atoms with E-state index in [1.54, 1.807) is 6.20 Å². The highest BCUT2D eigenvalue weighted by atomic mass is 14.9. The van der Waals surface area contributed by atoms with E-state index in [4.69, 9.17) is 5.73 Å². The zero-order chi connectivity index (χ0) is 13.1. The van der Waals surface area contributed by atoms with Crippen LogP contribution in [0.3, 0.4) is 0 Å². The van der Waals surface area contributed by atoms with Gasteiger partial charge in [0.25, 0.3) is 0 Å². The van der Waals surface area contributed by atoms with Crippen LogP contribution in [0.15, 0.2) is 24.5 Å². The van der Waals surface area contributed by atoms with Crippen molar-refractivity contribution in [3.63, 3.8) is 0 Å². The molecule has 4 nitrogen and oxygen atoms in total. The van der Waals surface area contributed by atoms with E-state index in [9.17, 15) is 0 Å². The summed E-state index contributed by atoms with van der Waals surface area (Å²) in [7, 11) is 0. The molecule has 18 heavy (non-hydrogen) atoms. The summed E-state index contributed by atoms with van der Waals surface area (Å²) in [6.07, 6.45) is 4.35. The van der Waals surface area contributed by atoms with E-state index in [1.165, 1.54) is 0 Å². The number of aromatic nitrogens is 3. The lowest BCUT2D eigenvalue weighted by molar-refractivity contribution is 0.720. The summed E-state index contributed by atoms with van der Waals surface area (Å²) in [6, 6.07) is 4.08. The van der Waals surface area contributed by atoms with Crippen LogP contribution in [-0.2, 0) is 6.42 Å².